The summed E-state index contributed by atoms with van der Waals surface area (Å²) in [5, 5.41) is 25.7. The van der Waals surface area contributed by atoms with Crippen molar-refractivity contribution in [3.8, 4) is 11.3 Å². The molecule has 3 heterocycles. The molecule has 0 radical (unpaired) electrons. The Bertz CT molecular complexity index is 1730. The molecule has 1 aliphatic carbocycles. The molecule has 0 unspecified atom stereocenters. The lowest BCUT2D eigenvalue weighted by Gasteiger charge is -2.30. The lowest BCUT2D eigenvalue weighted by atomic mass is 10.0. The molecule has 3 N–H and O–H groups in total. The van der Waals surface area contributed by atoms with Gasteiger partial charge in [0.15, 0.2) is 0 Å². The standard InChI is InChI=1S/C38H46N6O6/c1-37(2,3)50-36(49)39-29-20-14-6-4-5-13-19-27-23-38(27,35(47)48)40-33(45)31-22-28(24-43(31)34(29)46)44-41-30(21-25-15-9-7-10-16-25)32(42-44)26-17-11-8-12-18-26/h7-13,15-19,27-29,31H,4-6,14,20-24H2,1-3H3,(H,39,49)(H,40,45)(H,47,48)/b19-13-/t27-,28-,29-,31-,38+/m0/s1. The van der Waals surface area contributed by atoms with Gasteiger partial charge in [0.1, 0.15) is 28.9 Å². The summed E-state index contributed by atoms with van der Waals surface area (Å²) in [5.74, 6) is -2.42. The van der Waals surface area contributed by atoms with Crippen LogP contribution < -0.4 is 10.6 Å². The molecule has 6 rings (SSSR count). The van der Waals surface area contributed by atoms with Gasteiger partial charge < -0.3 is 25.4 Å². The molecule has 0 bridgehead atoms. The Balaban J connectivity index is 1.34. The van der Waals surface area contributed by atoms with Crippen LogP contribution in [0.3, 0.4) is 0 Å². The predicted octanol–water partition coefficient (Wildman–Crippen LogP) is 5.05. The van der Waals surface area contributed by atoms with Gasteiger partial charge in [0.2, 0.25) is 11.8 Å². The number of carboxylic acids is 1. The summed E-state index contributed by atoms with van der Waals surface area (Å²) >= 11 is 0. The highest BCUT2D eigenvalue weighted by atomic mass is 16.6. The number of nitrogens with one attached hydrogen (secondary N) is 2. The first kappa shape index (κ1) is 34.8. The van der Waals surface area contributed by atoms with Crippen LogP contribution in [-0.2, 0) is 25.5 Å². The van der Waals surface area contributed by atoms with Crippen molar-refractivity contribution in [3.05, 3.63) is 84.1 Å². The number of amides is 3. The molecule has 2 aliphatic heterocycles. The summed E-state index contributed by atoms with van der Waals surface area (Å²) in [6.45, 7) is 5.35. The van der Waals surface area contributed by atoms with E-state index in [2.05, 4.69) is 10.6 Å². The van der Waals surface area contributed by atoms with Crippen LogP contribution in [-0.4, -0.2) is 78.6 Å². The molecule has 5 atom stereocenters. The van der Waals surface area contributed by atoms with Gasteiger partial charge in [-0.25, -0.2) is 9.59 Å². The second-order valence-electron chi connectivity index (χ2n) is 14.6. The van der Waals surface area contributed by atoms with Crippen LogP contribution in [0.2, 0.25) is 0 Å². The number of aliphatic carboxylic acids is 1. The number of ether oxygens (including phenoxy) is 1. The number of rotatable bonds is 6. The summed E-state index contributed by atoms with van der Waals surface area (Å²) in [6.07, 6.45) is 7.55. The fourth-order valence-corrected chi connectivity index (χ4v) is 6.94. The Morgan fingerprint density at radius 2 is 1.74 bits per heavy atom. The average molecular weight is 683 g/mol. The zero-order valence-corrected chi connectivity index (χ0v) is 28.9. The first-order valence-corrected chi connectivity index (χ1v) is 17.5. The Kier molecular flexibility index (Phi) is 10.1. The van der Waals surface area contributed by atoms with E-state index in [0.717, 1.165) is 36.1 Å². The molecular formula is C38H46N6O6. The maximum atomic E-state index is 14.4. The SMILES string of the molecule is CC(C)(C)OC(=O)N[C@H]1CCCCC/C=C\[C@H]2C[C@@]2(C(=O)O)NC(=O)[C@@H]2C[C@H](n3nc(Cc4ccccc4)c(-c4ccccc4)n3)CN2C1=O. The summed E-state index contributed by atoms with van der Waals surface area (Å²) in [7, 11) is 0. The van der Waals surface area contributed by atoms with Crippen LogP contribution in [0.15, 0.2) is 72.8 Å². The first-order valence-electron chi connectivity index (χ1n) is 17.5. The van der Waals surface area contributed by atoms with Crippen molar-refractivity contribution >= 4 is 23.9 Å². The number of carbonyl (C=O) groups excluding carboxylic acids is 3. The number of carbonyl (C=O) groups is 4. The van der Waals surface area contributed by atoms with Gasteiger partial charge in [0.05, 0.1) is 11.7 Å². The highest BCUT2D eigenvalue weighted by Gasteiger charge is 2.61. The van der Waals surface area contributed by atoms with Crippen molar-refractivity contribution in [2.75, 3.05) is 6.54 Å². The van der Waals surface area contributed by atoms with Gasteiger partial charge in [-0.1, -0.05) is 85.7 Å². The third-order valence-corrected chi connectivity index (χ3v) is 9.62. The van der Waals surface area contributed by atoms with Gasteiger partial charge in [-0.2, -0.15) is 15.0 Å². The van der Waals surface area contributed by atoms with E-state index in [4.69, 9.17) is 14.9 Å². The second kappa shape index (κ2) is 14.5. The van der Waals surface area contributed by atoms with Crippen molar-refractivity contribution in [2.24, 2.45) is 5.92 Å². The van der Waals surface area contributed by atoms with Crippen molar-refractivity contribution < 1.29 is 29.0 Å². The molecule has 3 aliphatic rings. The number of carboxylic acid groups (broad SMARTS) is 1. The number of nitrogens with zero attached hydrogens (tertiary/aromatic N) is 4. The van der Waals surface area contributed by atoms with Crippen LogP contribution >= 0.6 is 0 Å². The summed E-state index contributed by atoms with van der Waals surface area (Å²) < 4.78 is 5.50. The topological polar surface area (TPSA) is 156 Å². The van der Waals surface area contributed by atoms with Crippen molar-refractivity contribution in [1.29, 1.82) is 0 Å². The van der Waals surface area contributed by atoms with Crippen LogP contribution in [0, 0.1) is 5.92 Å². The van der Waals surface area contributed by atoms with Crippen molar-refractivity contribution in [3.63, 3.8) is 0 Å². The minimum Gasteiger partial charge on any atom is -0.479 e. The smallest absolute Gasteiger partial charge is 0.408 e. The van der Waals surface area contributed by atoms with E-state index in [1.54, 1.807) is 25.6 Å². The number of aromatic nitrogens is 3. The average Bonchev–Trinajstić information content (AvgIpc) is 3.37. The molecule has 12 nitrogen and oxygen atoms in total. The van der Waals surface area contributed by atoms with Gasteiger partial charge in [-0.3, -0.25) is 9.59 Å². The Morgan fingerprint density at radius 3 is 2.44 bits per heavy atom. The first-order chi connectivity index (χ1) is 23.9. The normalized spacial score (nSPS) is 26.4. The Morgan fingerprint density at radius 1 is 1.02 bits per heavy atom. The van der Waals surface area contributed by atoms with E-state index >= 15 is 0 Å². The molecule has 2 fully saturated rings. The van der Waals surface area contributed by atoms with E-state index in [1.807, 2.05) is 72.8 Å². The summed E-state index contributed by atoms with van der Waals surface area (Å²) in [5.41, 5.74) is 1.22. The molecule has 12 heteroatoms. The lowest BCUT2D eigenvalue weighted by molar-refractivity contribution is -0.145. The maximum absolute atomic E-state index is 14.4. The summed E-state index contributed by atoms with van der Waals surface area (Å²) in [6, 6.07) is 17.3. The van der Waals surface area contributed by atoms with Gasteiger partial charge in [-0.15, -0.1) is 0 Å². The molecule has 3 aromatic rings. The maximum Gasteiger partial charge on any atom is 0.408 e. The molecule has 2 aromatic carbocycles. The monoisotopic (exact) mass is 682 g/mol. The number of hydrogen-bond acceptors (Lipinski definition) is 7. The van der Waals surface area contributed by atoms with Gasteiger partial charge in [0.25, 0.3) is 0 Å². The number of fused-ring (bicyclic) bond motifs is 2. The largest absolute Gasteiger partial charge is 0.479 e. The molecule has 1 saturated heterocycles. The van der Waals surface area contributed by atoms with E-state index in [-0.39, 0.29) is 25.3 Å². The van der Waals surface area contributed by atoms with Crippen LogP contribution in [0.5, 0.6) is 0 Å². The molecule has 0 spiro atoms. The molecular weight excluding hydrogens is 636 g/mol. The van der Waals surface area contributed by atoms with Crippen LogP contribution in [0.1, 0.15) is 83.0 Å². The van der Waals surface area contributed by atoms with Crippen molar-refractivity contribution in [2.45, 2.75) is 101 Å². The molecule has 1 saturated carbocycles. The third kappa shape index (κ3) is 7.90. The highest BCUT2D eigenvalue weighted by molar-refractivity contribution is 5.96. The Hall–Kier alpha value is -5.00. The minimum atomic E-state index is -1.43. The fraction of sp³-hybridized carbons (Fsp3) is 0.474. The van der Waals surface area contributed by atoms with E-state index < -0.39 is 53.1 Å². The van der Waals surface area contributed by atoms with Gasteiger partial charge in [-0.05, 0) is 52.0 Å². The third-order valence-electron chi connectivity index (χ3n) is 9.62. The minimum absolute atomic E-state index is 0.0977. The number of allylic oxidation sites excluding steroid dienone is 1. The molecule has 3 amide bonds. The molecule has 1 aromatic heterocycles. The van der Waals surface area contributed by atoms with Crippen LogP contribution in [0.25, 0.3) is 11.3 Å². The quantitative estimate of drug-likeness (QED) is 0.305. The number of hydrogen-bond donors (Lipinski definition) is 3. The van der Waals surface area contributed by atoms with Gasteiger partial charge >= 0.3 is 12.1 Å². The zero-order valence-electron chi connectivity index (χ0n) is 28.9. The van der Waals surface area contributed by atoms with E-state index in [0.29, 0.717) is 25.0 Å². The Labute approximate surface area is 292 Å². The second-order valence-corrected chi connectivity index (χ2v) is 14.6. The van der Waals surface area contributed by atoms with E-state index in [9.17, 15) is 24.3 Å². The predicted molar refractivity (Wildman–Crippen MR) is 186 cm³/mol. The number of benzene rings is 2. The highest BCUT2D eigenvalue weighted by Crippen LogP contribution is 2.45. The number of alkyl carbamates (subject to hydrolysis) is 1. The lowest BCUT2D eigenvalue weighted by Crippen LogP contribution is -2.56. The van der Waals surface area contributed by atoms with Crippen molar-refractivity contribution in [1.82, 2.24) is 30.5 Å². The molecule has 264 valence electrons. The zero-order chi connectivity index (χ0) is 35.5. The summed E-state index contributed by atoms with van der Waals surface area (Å²) in [4.78, 5) is 57.0. The van der Waals surface area contributed by atoms with Crippen LogP contribution in [0.4, 0.5) is 4.79 Å². The van der Waals surface area contributed by atoms with E-state index in [1.165, 1.54) is 4.90 Å². The molecule has 50 heavy (non-hydrogen) atoms. The van der Waals surface area contributed by atoms with Gasteiger partial charge in [0, 0.05) is 30.9 Å². The fourth-order valence-electron chi connectivity index (χ4n) is 6.94.